The molecule has 1 fully saturated rings. The van der Waals surface area contributed by atoms with Gasteiger partial charge in [-0.1, -0.05) is 25.0 Å². The molecule has 2 aliphatic rings. The Morgan fingerprint density at radius 1 is 1.17 bits per heavy atom. The zero-order valence-electron chi connectivity index (χ0n) is 17.2. The number of rotatable bonds is 5. The molecular weight excluding hydrogens is 382 g/mol. The molecule has 0 saturated heterocycles. The second-order valence-corrected chi connectivity index (χ2v) is 8.06. The minimum atomic E-state index is -1.01. The predicted octanol–water partition coefficient (Wildman–Crippen LogP) is 3.68. The van der Waals surface area contributed by atoms with Gasteiger partial charge in [-0.3, -0.25) is 4.79 Å². The topological polar surface area (TPSA) is 115 Å². The van der Waals surface area contributed by atoms with Crippen molar-refractivity contribution in [2.45, 2.75) is 58.2 Å². The molecule has 5 N–H and O–H groups in total. The minimum Gasteiger partial charge on any atom is -0.465 e. The van der Waals surface area contributed by atoms with E-state index < -0.39 is 6.09 Å². The molecule has 2 unspecified atom stereocenters. The van der Waals surface area contributed by atoms with Crippen molar-refractivity contribution in [1.82, 2.24) is 15.6 Å². The van der Waals surface area contributed by atoms with E-state index in [0.717, 1.165) is 48.1 Å². The van der Waals surface area contributed by atoms with Crippen molar-refractivity contribution in [3.63, 3.8) is 0 Å². The van der Waals surface area contributed by atoms with E-state index in [4.69, 9.17) is 4.98 Å². The number of amides is 2. The number of pyridine rings is 1. The summed E-state index contributed by atoms with van der Waals surface area (Å²) in [6.45, 7) is 4.42. The zero-order chi connectivity index (χ0) is 21.3. The lowest BCUT2D eigenvalue weighted by molar-refractivity contribution is 0.0966. The number of carbonyl (C=O) groups is 2. The Bertz CT molecular complexity index is 991. The Kier molecular flexibility index (Phi) is 5.48. The fourth-order valence-corrected chi connectivity index (χ4v) is 4.35. The van der Waals surface area contributed by atoms with E-state index in [0.29, 0.717) is 23.7 Å². The quantitative estimate of drug-likeness (QED) is 0.515. The van der Waals surface area contributed by atoms with Crippen LogP contribution in [0.15, 0.2) is 24.3 Å². The molecule has 8 heteroatoms. The van der Waals surface area contributed by atoms with Gasteiger partial charge in [-0.15, -0.1) is 0 Å². The van der Waals surface area contributed by atoms with E-state index in [1.807, 2.05) is 38.1 Å². The molecular formula is C22H27N5O3. The standard InChI is InChI=1S/C22H27N5O3/c1-12-6-5-7-14(10-12)24-20-18-15(11-23-21(18)28)13(2)19(27-20)25-16-8-3-4-9-17(16)26-22(29)30/h5-7,10,16-17,26H,3-4,8-9,11H2,1-2H3,(H,23,28)(H,29,30)(H2,24,25,27). The molecule has 1 aromatic carbocycles. The van der Waals surface area contributed by atoms with E-state index in [9.17, 15) is 14.7 Å². The smallest absolute Gasteiger partial charge is 0.404 e. The van der Waals surface area contributed by atoms with Gasteiger partial charge in [-0.25, -0.2) is 9.78 Å². The van der Waals surface area contributed by atoms with Crippen LogP contribution >= 0.6 is 0 Å². The minimum absolute atomic E-state index is 0.0454. The predicted molar refractivity (Wildman–Crippen MR) is 115 cm³/mol. The average Bonchev–Trinajstić information content (AvgIpc) is 3.09. The van der Waals surface area contributed by atoms with Gasteiger partial charge in [0.2, 0.25) is 0 Å². The van der Waals surface area contributed by atoms with Crippen LogP contribution in [0.3, 0.4) is 0 Å². The lowest BCUT2D eigenvalue weighted by Gasteiger charge is -2.33. The van der Waals surface area contributed by atoms with Crippen LogP contribution in [0.25, 0.3) is 0 Å². The van der Waals surface area contributed by atoms with Crippen molar-refractivity contribution in [3.05, 3.63) is 46.5 Å². The molecule has 1 aliphatic carbocycles. The Hall–Kier alpha value is -3.29. The molecule has 1 aliphatic heterocycles. The van der Waals surface area contributed by atoms with Gasteiger partial charge in [0.05, 0.1) is 11.6 Å². The number of benzene rings is 1. The Balaban J connectivity index is 1.68. The number of nitrogens with zero attached hydrogens (tertiary/aromatic N) is 1. The van der Waals surface area contributed by atoms with Crippen molar-refractivity contribution in [2.75, 3.05) is 10.6 Å². The third kappa shape index (κ3) is 4.03. The normalized spacial score (nSPS) is 20.3. The Morgan fingerprint density at radius 3 is 2.67 bits per heavy atom. The van der Waals surface area contributed by atoms with Gasteiger partial charge in [0.25, 0.3) is 5.91 Å². The molecule has 2 amide bonds. The molecule has 0 spiro atoms. The number of carboxylic acid groups (broad SMARTS) is 1. The molecule has 8 nitrogen and oxygen atoms in total. The van der Waals surface area contributed by atoms with Crippen molar-refractivity contribution in [2.24, 2.45) is 0 Å². The number of hydrogen-bond acceptors (Lipinski definition) is 5. The monoisotopic (exact) mass is 409 g/mol. The number of fused-ring (bicyclic) bond motifs is 1. The van der Waals surface area contributed by atoms with Crippen LogP contribution in [-0.2, 0) is 6.54 Å². The van der Waals surface area contributed by atoms with E-state index in [1.165, 1.54) is 0 Å². The summed E-state index contributed by atoms with van der Waals surface area (Å²) in [5, 5.41) is 21.5. The Labute approximate surface area is 175 Å². The number of aromatic nitrogens is 1. The van der Waals surface area contributed by atoms with Crippen LogP contribution in [0.5, 0.6) is 0 Å². The fourth-order valence-electron chi connectivity index (χ4n) is 4.35. The lowest BCUT2D eigenvalue weighted by Crippen LogP contribution is -2.48. The first-order valence-electron chi connectivity index (χ1n) is 10.3. The highest BCUT2D eigenvalue weighted by atomic mass is 16.4. The lowest BCUT2D eigenvalue weighted by atomic mass is 9.90. The number of hydrogen-bond donors (Lipinski definition) is 5. The van der Waals surface area contributed by atoms with Crippen molar-refractivity contribution < 1.29 is 14.7 Å². The first-order chi connectivity index (χ1) is 14.4. The maximum atomic E-state index is 12.5. The van der Waals surface area contributed by atoms with Gasteiger partial charge < -0.3 is 26.4 Å². The summed E-state index contributed by atoms with van der Waals surface area (Å²) < 4.78 is 0. The van der Waals surface area contributed by atoms with Crippen LogP contribution in [0.4, 0.5) is 22.1 Å². The summed E-state index contributed by atoms with van der Waals surface area (Å²) in [6, 6.07) is 7.69. The number of nitrogens with one attached hydrogen (secondary N) is 4. The highest BCUT2D eigenvalue weighted by Crippen LogP contribution is 2.33. The highest BCUT2D eigenvalue weighted by molar-refractivity contribution is 6.04. The number of aryl methyl sites for hydroxylation is 1. The summed E-state index contributed by atoms with van der Waals surface area (Å²) in [5.41, 5.74) is 4.38. The van der Waals surface area contributed by atoms with Crippen LogP contribution in [0.2, 0.25) is 0 Å². The second kappa shape index (κ2) is 8.22. The average molecular weight is 409 g/mol. The molecule has 1 aromatic heterocycles. The number of carbonyl (C=O) groups excluding carboxylic acids is 1. The maximum absolute atomic E-state index is 12.5. The van der Waals surface area contributed by atoms with Crippen LogP contribution in [0, 0.1) is 13.8 Å². The van der Waals surface area contributed by atoms with Gasteiger partial charge in [0.15, 0.2) is 0 Å². The maximum Gasteiger partial charge on any atom is 0.404 e. The SMILES string of the molecule is Cc1cccc(Nc2nc(NC3CCCCC3NC(=O)O)c(C)c3c2C(=O)NC3)c1. The van der Waals surface area contributed by atoms with E-state index in [2.05, 4.69) is 21.3 Å². The molecule has 2 heterocycles. The highest BCUT2D eigenvalue weighted by Gasteiger charge is 2.31. The van der Waals surface area contributed by atoms with Gasteiger partial charge in [-0.2, -0.15) is 0 Å². The van der Waals surface area contributed by atoms with Gasteiger partial charge in [0.1, 0.15) is 11.6 Å². The fraction of sp³-hybridized carbons (Fsp3) is 0.409. The third-order valence-electron chi connectivity index (χ3n) is 5.90. The van der Waals surface area contributed by atoms with E-state index in [1.54, 1.807) is 0 Å². The molecule has 0 radical (unpaired) electrons. The number of anilines is 3. The molecule has 0 bridgehead atoms. The van der Waals surface area contributed by atoms with E-state index >= 15 is 0 Å². The van der Waals surface area contributed by atoms with Crippen molar-refractivity contribution in [1.29, 1.82) is 0 Å². The summed E-state index contributed by atoms with van der Waals surface area (Å²) >= 11 is 0. The van der Waals surface area contributed by atoms with E-state index in [-0.39, 0.29) is 18.0 Å². The molecule has 30 heavy (non-hydrogen) atoms. The molecule has 4 rings (SSSR count). The summed E-state index contributed by atoms with van der Waals surface area (Å²) in [7, 11) is 0. The third-order valence-corrected chi connectivity index (χ3v) is 5.90. The largest absolute Gasteiger partial charge is 0.465 e. The summed E-state index contributed by atoms with van der Waals surface area (Å²) in [5.74, 6) is 1.06. The Morgan fingerprint density at radius 2 is 1.93 bits per heavy atom. The zero-order valence-corrected chi connectivity index (χ0v) is 17.2. The summed E-state index contributed by atoms with van der Waals surface area (Å²) in [6.07, 6.45) is 2.68. The molecule has 2 atom stereocenters. The van der Waals surface area contributed by atoms with Crippen molar-refractivity contribution >= 4 is 29.3 Å². The molecule has 1 saturated carbocycles. The van der Waals surface area contributed by atoms with Crippen molar-refractivity contribution in [3.8, 4) is 0 Å². The summed E-state index contributed by atoms with van der Waals surface area (Å²) in [4.78, 5) is 28.4. The molecule has 2 aromatic rings. The van der Waals surface area contributed by atoms with Gasteiger partial charge >= 0.3 is 6.09 Å². The molecule has 158 valence electrons. The first kappa shape index (κ1) is 20.0. The van der Waals surface area contributed by atoms with Crippen LogP contribution in [0.1, 0.15) is 52.7 Å². The van der Waals surface area contributed by atoms with Crippen LogP contribution < -0.4 is 21.3 Å². The second-order valence-electron chi connectivity index (χ2n) is 8.06. The first-order valence-corrected chi connectivity index (χ1v) is 10.3. The van der Waals surface area contributed by atoms with Gasteiger partial charge in [0, 0.05) is 18.3 Å². The van der Waals surface area contributed by atoms with Crippen LogP contribution in [-0.4, -0.2) is 34.2 Å². The van der Waals surface area contributed by atoms with Gasteiger partial charge in [-0.05, 0) is 55.5 Å².